The van der Waals surface area contributed by atoms with Crippen LogP contribution < -0.4 is 10.6 Å². The largest absolute Gasteiger partial charge is 0.354 e. The third-order valence-corrected chi connectivity index (χ3v) is 2.23. The average molecular weight is 235 g/mol. The van der Waals surface area contributed by atoms with Gasteiger partial charge in [-0.25, -0.2) is 0 Å². The molecule has 5 nitrogen and oxygen atoms in total. The van der Waals surface area contributed by atoms with E-state index in [9.17, 15) is 9.59 Å². The van der Waals surface area contributed by atoms with Crippen molar-refractivity contribution in [3.05, 3.63) is 29.6 Å². The molecule has 2 N–H and O–H groups in total. The first-order valence-electron chi connectivity index (χ1n) is 5.61. The van der Waals surface area contributed by atoms with Crippen LogP contribution in [-0.4, -0.2) is 29.9 Å². The lowest BCUT2D eigenvalue weighted by Gasteiger charge is -2.06. The quantitative estimate of drug-likeness (QED) is 0.736. The molecule has 17 heavy (non-hydrogen) atoms. The molecule has 0 radical (unpaired) electrons. The van der Waals surface area contributed by atoms with Crippen molar-refractivity contribution in [2.24, 2.45) is 0 Å². The van der Waals surface area contributed by atoms with Crippen molar-refractivity contribution in [3.8, 4) is 0 Å². The van der Waals surface area contributed by atoms with Crippen molar-refractivity contribution in [3.63, 3.8) is 0 Å². The van der Waals surface area contributed by atoms with Crippen LogP contribution in [0.5, 0.6) is 0 Å². The number of hydrogen-bond donors (Lipinski definition) is 2. The Kier molecular flexibility index (Phi) is 5.13. The summed E-state index contributed by atoms with van der Waals surface area (Å²) in [4.78, 5) is 26.6. The molecule has 5 heteroatoms. The molecule has 0 bridgehead atoms. The van der Waals surface area contributed by atoms with E-state index in [-0.39, 0.29) is 11.8 Å². The van der Waals surface area contributed by atoms with E-state index in [1.807, 2.05) is 6.92 Å². The summed E-state index contributed by atoms with van der Waals surface area (Å²) >= 11 is 0. The summed E-state index contributed by atoms with van der Waals surface area (Å²) in [7, 11) is 0. The molecule has 1 heterocycles. The highest BCUT2D eigenvalue weighted by Gasteiger charge is 2.04. The van der Waals surface area contributed by atoms with E-state index in [1.165, 1.54) is 6.20 Å². The third-order valence-electron chi connectivity index (χ3n) is 2.23. The number of aryl methyl sites for hydroxylation is 1. The molecule has 0 saturated heterocycles. The summed E-state index contributed by atoms with van der Waals surface area (Å²) in [6, 6.07) is 3.51. The number of aromatic nitrogens is 1. The molecule has 1 aromatic rings. The zero-order chi connectivity index (χ0) is 12.7. The minimum absolute atomic E-state index is 0.0174. The van der Waals surface area contributed by atoms with Gasteiger partial charge >= 0.3 is 0 Å². The maximum absolute atomic E-state index is 11.6. The molecule has 0 aliphatic rings. The van der Waals surface area contributed by atoms with Gasteiger partial charge in [0, 0.05) is 31.4 Å². The fourth-order valence-electron chi connectivity index (χ4n) is 1.21. The van der Waals surface area contributed by atoms with Crippen molar-refractivity contribution in [1.82, 2.24) is 15.6 Å². The zero-order valence-corrected chi connectivity index (χ0v) is 10.1. The highest BCUT2D eigenvalue weighted by atomic mass is 16.2. The van der Waals surface area contributed by atoms with Crippen molar-refractivity contribution >= 4 is 11.8 Å². The van der Waals surface area contributed by atoms with E-state index >= 15 is 0 Å². The van der Waals surface area contributed by atoms with Crippen LogP contribution in [-0.2, 0) is 4.79 Å². The van der Waals surface area contributed by atoms with Gasteiger partial charge in [0.2, 0.25) is 5.91 Å². The van der Waals surface area contributed by atoms with Crippen molar-refractivity contribution in [2.45, 2.75) is 20.3 Å². The van der Waals surface area contributed by atoms with Gasteiger partial charge in [0.15, 0.2) is 0 Å². The molecule has 1 aromatic heterocycles. The summed E-state index contributed by atoms with van der Waals surface area (Å²) in [6.07, 6.45) is 1.99. The lowest BCUT2D eigenvalue weighted by molar-refractivity contribution is -0.120. The van der Waals surface area contributed by atoms with Gasteiger partial charge in [-0.3, -0.25) is 14.6 Å². The third kappa shape index (κ3) is 4.63. The van der Waals surface area contributed by atoms with E-state index in [1.54, 1.807) is 19.1 Å². The Morgan fingerprint density at radius 1 is 1.24 bits per heavy atom. The first kappa shape index (κ1) is 13.2. The maximum atomic E-state index is 11.6. The topological polar surface area (TPSA) is 71.1 Å². The molecule has 92 valence electrons. The number of carbonyl (C=O) groups is 2. The predicted octanol–water partition coefficient (Wildman–Crippen LogP) is 0.646. The van der Waals surface area contributed by atoms with Crippen LogP contribution in [0.4, 0.5) is 0 Å². The van der Waals surface area contributed by atoms with Crippen LogP contribution >= 0.6 is 0 Å². The normalized spacial score (nSPS) is 9.76. The summed E-state index contributed by atoms with van der Waals surface area (Å²) in [5.74, 6) is -0.195. The number of pyridine rings is 1. The Morgan fingerprint density at radius 2 is 1.94 bits per heavy atom. The summed E-state index contributed by atoms with van der Waals surface area (Å²) in [5.41, 5.74) is 1.40. The highest BCUT2D eigenvalue weighted by Crippen LogP contribution is 1.98. The minimum Gasteiger partial charge on any atom is -0.354 e. The van der Waals surface area contributed by atoms with Crippen LogP contribution in [0.15, 0.2) is 18.3 Å². The molecular weight excluding hydrogens is 218 g/mol. The van der Waals surface area contributed by atoms with Crippen LogP contribution in [0, 0.1) is 6.92 Å². The van der Waals surface area contributed by atoms with Gasteiger partial charge in [0.25, 0.3) is 5.91 Å². The van der Waals surface area contributed by atoms with Crippen LogP contribution in [0.2, 0.25) is 0 Å². The molecule has 0 unspecified atom stereocenters. The SMILES string of the molecule is CCC(=O)NCCNC(=O)c1ccc(C)nc1. The van der Waals surface area contributed by atoms with E-state index in [2.05, 4.69) is 15.6 Å². The van der Waals surface area contributed by atoms with E-state index < -0.39 is 0 Å². The Balaban J connectivity index is 2.30. The van der Waals surface area contributed by atoms with Crippen molar-refractivity contribution < 1.29 is 9.59 Å². The number of hydrogen-bond acceptors (Lipinski definition) is 3. The van der Waals surface area contributed by atoms with Crippen molar-refractivity contribution in [2.75, 3.05) is 13.1 Å². The number of nitrogens with zero attached hydrogens (tertiary/aromatic N) is 1. The number of rotatable bonds is 5. The van der Waals surface area contributed by atoms with Gasteiger partial charge in [-0.15, -0.1) is 0 Å². The Labute approximate surface area is 101 Å². The molecule has 0 aromatic carbocycles. The van der Waals surface area contributed by atoms with Gasteiger partial charge in [0.05, 0.1) is 5.56 Å². The molecule has 0 aliphatic carbocycles. The average Bonchev–Trinajstić information content (AvgIpc) is 2.34. The van der Waals surface area contributed by atoms with Gasteiger partial charge in [0.1, 0.15) is 0 Å². The second kappa shape index (κ2) is 6.62. The second-order valence-electron chi connectivity index (χ2n) is 3.65. The number of carbonyl (C=O) groups excluding carboxylic acids is 2. The van der Waals surface area contributed by atoms with Gasteiger partial charge in [-0.05, 0) is 19.1 Å². The minimum atomic E-state index is -0.178. The van der Waals surface area contributed by atoms with E-state index in [0.29, 0.717) is 25.1 Å². The van der Waals surface area contributed by atoms with Gasteiger partial charge in [-0.2, -0.15) is 0 Å². The van der Waals surface area contributed by atoms with Gasteiger partial charge < -0.3 is 10.6 Å². The van der Waals surface area contributed by atoms with Crippen molar-refractivity contribution in [1.29, 1.82) is 0 Å². The van der Waals surface area contributed by atoms with Crippen LogP contribution in [0.1, 0.15) is 29.4 Å². The molecule has 0 fully saturated rings. The lowest BCUT2D eigenvalue weighted by Crippen LogP contribution is -2.34. The zero-order valence-electron chi connectivity index (χ0n) is 10.1. The standard InChI is InChI=1S/C12H17N3O2/c1-3-11(16)13-6-7-14-12(17)10-5-4-9(2)15-8-10/h4-5,8H,3,6-7H2,1-2H3,(H,13,16)(H,14,17). The molecule has 0 atom stereocenters. The molecule has 0 aliphatic heterocycles. The first-order chi connectivity index (χ1) is 8.13. The second-order valence-corrected chi connectivity index (χ2v) is 3.65. The van der Waals surface area contributed by atoms with E-state index in [4.69, 9.17) is 0 Å². The fourth-order valence-corrected chi connectivity index (χ4v) is 1.21. The number of amides is 2. The molecule has 1 rings (SSSR count). The summed E-state index contributed by atoms with van der Waals surface area (Å²) < 4.78 is 0. The predicted molar refractivity (Wildman–Crippen MR) is 64.6 cm³/mol. The number of nitrogens with one attached hydrogen (secondary N) is 2. The smallest absolute Gasteiger partial charge is 0.252 e. The Hall–Kier alpha value is -1.91. The van der Waals surface area contributed by atoms with Crippen LogP contribution in [0.3, 0.4) is 0 Å². The lowest BCUT2D eigenvalue weighted by atomic mass is 10.2. The maximum Gasteiger partial charge on any atom is 0.252 e. The molecule has 0 saturated carbocycles. The highest BCUT2D eigenvalue weighted by molar-refractivity contribution is 5.93. The summed E-state index contributed by atoms with van der Waals surface area (Å²) in [6.45, 7) is 4.50. The van der Waals surface area contributed by atoms with Crippen LogP contribution in [0.25, 0.3) is 0 Å². The molecule has 2 amide bonds. The van der Waals surface area contributed by atoms with Gasteiger partial charge in [-0.1, -0.05) is 6.92 Å². The molecular formula is C12H17N3O2. The Morgan fingerprint density at radius 3 is 2.53 bits per heavy atom. The first-order valence-corrected chi connectivity index (χ1v) is 5.61. The molecule has 0 spiro atoms. The van der Waals surface area contributed by atoms with E-state index in [0.717, 1.165) is 5.69 Å². The monoisotopic (exact) mass is 235 g/mol. The summed E-state index contributed by atoms with van der Waals surface area (Å²) in [5, 5.41) is 5.38. The fraction of sp³-hybridized carbons (Fsp3) is 0.417. The Bertz CT molecular complexity index is 387.